The molecule has 1 aromatic heterocycles. The van der Waals surface area contributed by atoms with Gasteiger partial charge in [-0.3, -0.25) is 4.90 Å². The van der Waals surface area contributed by atoms with Crippen molar-refractivity contribution < 1.29 is 0 Å². The third-order valence-electron chi connectivity index (χ3n) is 4.40. The minimum absolute atomic E-state index is 0.547. The minimum atomic E-state index is 0.547. The fourth-order valence-electron chi connectivity index (χ4n) is 3.58. The van der Waals surface area contributed by atoms with Crippen molar-refractivity contribution in [2.45, 2.75) is 25.6 Å². The largest absolute Gasteiger partial charge is 0.329 e. The van der Waals surface area contributed by atoms with Gasteiger partial charge in [-0.2, -0.15) is 0 Å². The van der Waals surface area contributed by atoms with Crippen molar-refractivity contribution in [1.29, 1.82) is 0 Å². The third-order valence-corrected chi connectivity index (χ3v) is 4.40. The Labute approximate surface area is 107 Å². The van der Waals surface area contributed by atoms with E-state index in [-0.39, 0.29) is 0 Å². The molecule has 2 aliphatic rings. The second-order valence-corrected chi connectivity index (χ2v) is 5.58. The van der Waals surface area contributed by atoms with E-state index in [9.17, 15) is 0 Å². The van der Waals surface area contributed by atoms with E-state index in [2.05, 4.69) is 46.1 Å². The number of nitrogens with zero attached hydrogens (tertiary/aromatic N) is 2. The summed E-state index contributed by atoms with van der Waals surface area (Å²) in [4.78, 5) is 2.42. The molecule has 0 fully saturated rings. The van der Waals surface area contributed by atoms with Gasteiger partial charge in [0.25, 0.3) is 0 Å². The number of para-hydroxylation sites is 1. The first-order valence-corrected chi connectivity index (χ1v) is 6.86. The van der Waals surface area contributed by atoms with Gasteiger partial charge in [-0.05, 0) is 38.1 Å². The fraction of sp³-hybridized carbons (Fsp3) is 0.467. The molecule has 0 bridgehead atoms. The van der Waals surface area contributed by atoms with Gasteiger partial charge in [-0.25, -0.2) is 0 Å². The first-order valence-electron chi connectivity index (χ1n) is 6.86. The van der Waals surface area contributed by atoms with Crippen LogP contribution in [-0.4, -0.2) is 29.6 Å². The van der Waals surface area contributed by atoms with Crippen LogP contribution < -0.4 is 5.32 Å². The number of nitrogens with one attached hydrogen (secondary N) is 1. The predicted molar refractivity (Wildman–Crippen MR) is 73.6 cm³/mol. The molecular weight excluding hydrogens is 222 g/mol. The summed E-state index contributed by atoms with van der Waals surface area (Å²) in [5.41, 5.74) is 4.54. The van der Waals surface area contributed by atoms with E-state index in [1.807, 2.05) is 0 Å². The zero-order valence-corrected chi connectivity index (χ0v) is 10.8. The van der Waals surface area contributed by atoms with Crippen LogP contribution in [0.1, 0.15) is 23.7 Å². The van der Waals surface area contributed by atoms with Gasteiger partial charge in [-0.15, -0.1) is 0 Å². The first kappa shape index (κ1) is 10.6. The van der Waals surface area contributed by atoms with Gasteiger partial charge in [0, 0.05) is 29.2 Å². The molecule has 0 amide bonds. The van der Waals surface area contributed by atoms with Crippen molar-refractivity contribution >= 4 is 10.9 Å². The van der Waals surface area contributed by atoms with Crippen molar-refractivity contribution in [3.8, 4) is 0 Å². The molecule has 0 spiro atoms. The molecule has 0 saturated carbocycles. The van der Waals surface area contributed by atoms with Gasteiger partial charge in [0.15, 0.2) is 0 Å². The topological polar surface area (TPSA) is 20.2 Å². The summed E-state index contributed by atoms with van der Waals surface area (Å²) >= 11 is 0. The van der Waals surface area contributed by atoms with Crippen molar-refractivity contribution in [1.82, 2.24) is 14.8 Å². The van der Waals surface area contributed by atoms with Crippen LogP contribution in [0.3, 0.4) is 0 Å². The van der Waals surface area contributed by atoms with E-state index >= 15 is 0 Å². The average Bonchev–Trinajstić information content (AvgIpc) is 2.61. The van der Waals surface area contributed by atoms with Crippen LogP contribution in [-0.2, 0) is 13.1 Å². The van der Waals surface area contributed by atoms with Crippen molar-refractivity contribution in [3.05, 3.63) is 35.5 Å². The maximum atomic E-state index is 3.69. The fourth-order valence-corrected chi connectivity index (χ4v) is 3.58. The number of fused-ring (bicyclic) bond motifs is 3. The van der Waals surface area contributed by atoms with Gasteiger partial charge < -0.3 is 9.88 Å². The Balaban J connectivity index is 2.05. The quantitative estimate of drug-likeness (QED) is 0.762. The molecule has 94 valence electrons. The summed E-state index contributed by atoms with van der Waals surface area (Å²) in [5.74, 6) is 0. The zero-order chi connectivity index (χ0) is 12.1. The molecule has 18 heavy (non-hydrogen) atoms. The zero-order valence-electron chi connectivity index (χ0n) is 10.8. The maximum absolute atomic E-state index is 3.69. The number of hydrogen-bond acceptors (Lipinski definition) is 2. The number of aromatic nitrogens is 1. The highest BCUT2D eigenvalue weighted by Crippen LogP contribution is 2.36. The summed E-state index contributed by atoms with van der Waals surface area (Å²) in [5, 5.41) is 5.16. The van der Waals surface area contributed by atoms with E-state index in [1.165, 1.54) is 30.3 Å². The molecule has 1 unspecified atom stereocenters. The first-order chi connectivity index (χ1) is 8.84. The van der Waals surface area contributed by atoms with Crippen LogP contribution in [0.5, 0.6) is 0 Å². The van der Waals surface area contributed by atoms with Gasteiger partial charge in [-0.1, -0.05) is 18.2 Å². The van der Waals surface area contributed by atoms with Crippen LogP contribution in [0, 0.1) is 0 Å². The van der Waals surface area contributed by atoms with E-state index in [4.69, 9.17) is 0 Å². The highest BCUT2D eigenvalue weighted by atomic mass is 15.3. The number of hydrogen-bond donors (Lipinski definition) is 1. The summed E-state index contributed by atoms with van der Waals surface area (Å²) < 4.78 is 2.52. The van der Waals surface area contributed by atoms with E-state index in [0.29, 0.717) is 6.04 Å². The Morgan fingerprint density at radius 3 is 3.11 bits per heavy atom. The lowest BCUT2D eigenvalue weighted by Gasteiger charge is -2.24. The molecular formula is C15H19N3. The summed E-state index contributed by atoms with van der Waals surface area (Å²) in [6.45, 7) is 3.32. The monoisotopic (exact) mass is 241 g/mol. The van der Waals surface area contributed by atoms with Crippen molar-refractivity contribution in [2.24, 2.45) is 0 Å². The Hall–Kier alpha value is -1.32. The van der Waals surface area contributed by atoms with Crippen LogP contribution in [0.2, 0.25) is 0 Å². The lowest BCUT2D eigenvalue weighted by atomic mass is 9.97. The van der Waals surface area contributed by atoms with Gasteiger partial charge in [0.1, 0.15) is 0 Å². The van der Waals surface area contributed by atoms with Gasteiger partial charge in [0.05, 0.1) is 6.67 Å². The molecule has 1 N–H and O–H groups in total. The second-order valence-electron chi connectivity index (χ2n) is 5.58. The summed E-state index contributed by atoms with van der Waals surface area (Å²) in [6.07, 6.45) is 2.39. The van der Waals surface area contributed by atoms with E-state index in [1.54, 1.807) is 11.3 Å². The van der Waals surface area contributed by atoms with Crippen LogP contribution in [0.25, 0.3) is 10.9 Å². The summed E-state index contributed by atoms with van der Waals surface area (Å²) in [6, 6.07) is 9.42. The van der Waals surface area contributed by atoms with Crippen LogP contribution in [0.15, 0.2) is 24.3 Å². The Kier molecular flexibility index (Phi) is 2.26. The SMILES string of the molecule is CN1CCC2NCCc3c2n(c2ccccc32)C1. The lowest BCUT2D eigenvalue weighted by molar-refractivity contribution is 0.280. The normalized spacial score (nSPS) is 23.9. The molecule has 1 aromatic carbocycles. The predicted octanol–water partition coefficient (Wildman–Crippen LogP) is 2.12. The molecule has 0 radical (unpaired) electrons. The molecule has 4 rings (SSSR count). The maximum Gasteiger partial charge on any atom is 0.0752 e. The number of benzene rings is 1. The third kappa shape index (κ3) is 1.38. The van der Waals surface area contributed by atoms with Crippen molar-refractivity contribution in [2.75, 3.05) is 20.1 Å². The molecule has 3 nitrogen and oxygen atoms in total. The average molecular weight is 241 g/mol. The second kappa shape index (κ2) is 3.84. The van der Waals surface area contributed by atoms with Crippen LogP contribution in [0.4, 0.5) is 0 Å². The van der Waals surface area contributed by atoms with Crippen LogP contribution >= 0.6 is 0 Å². The van der Waals surface area contributed by atoms with Crippen molar-refractivity contribution in [3.63, 3.8) is 0 Å². The Bertz CT molecular complexity index is 599. The van der Waals surface area contributed by atoms with Gasteiger partial charge >= 0.3 is 0 Å². The molecule has 0 aliphatic carbocycles. The highest BCUT2D eigenvalue weighted by molar-refractivity contribution is 5.86. The smallest absolute Gasteiger partial charge is 0.0752 e. The lowest BCUT2D eigenvalue weighted by Crippen LogP contribution is -2.30. The highest BCUT2D eigenvalue weighted by Gasteiger charge is 2.29. The molecule has 3 heterocycles. The molecule has 0 saturated heterocycles. The molecule has 2 aliphatic heterocycles. The molecule has 2 aromatic rings. The summed E-state index contributed by atoms with van der Waals surface area (Å²) in [7, 11) is 2.22. The molecule has 3 heteroatoms. The van der Waals surface area contributed by atoms with Gasteiger partial charge in [0.2, 0.25) is 0 Å². The number of rotatable bonds is 0. The van der Waals surface area contributed by atoms with E-state index in [0.717, 1.165) is 13.2 Å². The molecule has 1 atom stereocenters. The Morgan fingerprint density at radius 1 is 1.28 bits per heavy atom. The standard InChI is InChI=1S/C15H19N3/c1-17-9-7-13-15-12(6-8-16-13)11-4-2-3-5-14(11)18(15)10-17/h2-5,13,16H,6-10H2,1H3. The van der Waals surface area contributed by atoms with E-state index < -0.39 is 0 Å². The minimum Gasteiger partial charge on any atom is -0.329 e. The Morgan fingerprint density at radius 2 is 2.17 bits per heavy atom.